The van der Waals surface area contributed by atoms with E-state index < -0.39 is 34.5 Å². The molecule has 0 aliphatic carbocycles. The van der Waals surface area contributed by atoms with E-state index in [1.54, 1.807) is 32.0 Å². The zero-order chi connectivity index (χ0) is 18.6. The van der Waals surface area contributed by atoms with Gasteiger partial charge in [-0.25, -0.2) is 12.8 Å². The van der Waals surface area contributed by atoms with Crippen LogP contribution in [0.3, 0.4) is 0 Å². The van der Waals surface area contributed by atoms with Crippen LogP contribution in [0.15, 0.2) is 53.4 Å². The monoisotopic (exact) mass is 385 g/mol. The number of esters is 1. The Morgan fingerprint density at radius 3 is 2.40 bits per heavy atom. The molecular weight excluding hydrogens is 369 g/mol. The summed E-state index contributed by atoms with van der Waals surface area (Å²) >= 11 is 5.76. The number of rotatable bonds is 6. The van der Waals surface area contributed by atoms with E-state index in [0.29, 0.717) is 0 Å². The number of nitrogens with zero attached hydrogens (tertiary/aromatic N) is 1. The number of benzene rings is 2. The summed E-state index contributed by atoms with van der Waals surface area (Å²) in [5, 5.41) is -0.247. The lowest BCUT2D eigenvalue weighted by molar-refractivity contribution is -0.145. The van der Waals surface area contributed by atoms with Crippen LogP contribution in [0.2, 0.25) is 5.02 Å². The molecule has 0 aliphatic rings. The molecule has 0 saturated carbocycles. The molecule has 134 valence electrons. The molecule has 0 radical (unpaired) electrons. The minimum atomic E-state index is -4.06. The summed E-state index contributed by atoms with van der Waals surface area (Å²) in [6.45, 7) is 2.75. The van der Waals surface area contributed by atoms with Crippen molar-refractivity contribution >= 4 is 33.3 Å². The van der Waals surface area contributed by atoms with Gasteiger partial charge >= 0.3 is 5.97 Å². The van der Waals surface area contributed by atoms with Gasteiger partial charge in [0.05, 0.1) is 21.7 Å². The topological polar surface area (TPSA) is 63.7 Å². The predicted octanol–water partition coefficient (Wildman–Crippen LogP) is 3.63. The Morgan fingerprint density at radius 2 is 1.84 bits per heavy atom. The fourth-order valence-corrected chi connectivity index (χ4v) is 3.69. The van der Waals surface area contributed by atoms with E-state index in [2.05, 4.69) is 0 Å². The summed E-state index contributed by atoms with van der Waals surface area (Å²) in [6.07, 6.45) is -0.398. The lowest BCUT2D eigenvalue weighted by Crippen LogP contribution is -2.37. The van der Waals surface area contributed by atoms with Gasteiger partial charge in [-0.1, -0.05) is 29.8 Å². The normalized spacial score (nSPS) is 11.4. The maximum atomic E-state index is 13.4. The Labute approximate surface area is 151 Å². The van der Waals surface area contributed by atoms with Crippen LogP contribution in [0, 0.1) is 5.82 Å². The molecule has 0 bridgehead atoms. The Kier molecular flexibility index (Phi) is 6.02. The standard InChI is InChI=1S/C17H17ClFNO4S/c1-12(2)24-17(21)11-20(13-8-9-16(19)15(18)10-13)25(22,23)14-6-4-3-5-7-14/h3-10,12H,11H2,1-2H3. The summed E-state index contributed by atoms with van der Waals surface area (Å²) in [7, 11) is -4.06. The smallest absolute Gasteiger partial charge is 0.327 e. The van der Waals surface area contributed by atoms with Crippen molar-refractivity contribution in [3.63, 3.8) is 0 Å². The van der Waals surface area contributed by atoms with Crippen LogP contribution >= 0.6 is 11.6 Å². The van der Waals surface area contributed by atoms with Gasteiger partial charge in [-0.2, -0.15) is 0 Å². The van der Waals surface area contributed by atoms with Crippen molar-refractivity contribution in [2.45, 2.75) is 24.8 Å². The maximum absolute atomic E-state index is 13.4. The van der Waals surface area contributed by atoms with Gasteiger partial charge in [-0.15, -0.1) is 0 Å². The molecule has 0 spiro atoms. The maximum Gasteiger partial charge on any atom is 0.327 e. The van der Waals surface area contributed by atoms with Crippen LogP contribution in [0.1, 0.15) is 13.8 Å². The second kappa shape index (κ2) is 7.84. The van der Waals surface area contributed by atoms with Gasteiger partial charge in [0.2, 0.25) is 0 Å². The first kappa shape index (κ1) is 19.2. The number of hydrogen-bond acceptors (Lipinski definition) is 4. The lowest BCUT2D eigenvalue weighted by atomic mass is 10.3. The molecule has 0 atom stereocenters. The number of halogens is 2. The first-order valence-corrected chi connectivity index (χ1v) is 9.26. The van der Waals surface area contributed by atoms with Crippen molar-refractivity contribution in [3.05, 3.63) is 59.4 Å². The first-order chi connectivity index (χ1) is 11.7. The quantitative estimate of drug-likeness (QED) is 0.712. The van der Waals surface area contributed by atoms with Crippen LogP contribution in [0.5, 0.6) is 0 Å². The Hall–Kier alpha value is -2.12. The first-order valence-electron chi connectivity index (χ1n) is 7.44. The summed E-state index contributed by atoms with van der Waals surface area (Å²) in [5.74, 6) is -1.41. The molecule has 25 heavy (non-hydrogen) atoms. The fraction of sp³-hybridized carbons (Fsp3) is 0.235. The average molecular weight is 386 g/mol. The van der Waals surface area contributed by atoms with Crippen LogP contribution in [0.25, 0.3) is 0 Å². The molecule has 0 amide bonds. The number of hydrogen-bond donors (Lipinski definition) is 0. The van der Waals surface area contributed by atoms with E-state index in [-0.39, 0.29) is 15.6 Å². The van der Waals surface area contributed by atoms with Crippen LogP contribution < -0.4 is 4.31 Å². The van der Waals surface area contributed by atoms with Crippen molar-refractivity contribution in [1.82, 2.24) is 0 Å². The fourth-order valence-electron chi connectivity index (χ4n) is 2.09. The highest BCUT2D eigenvalue weighted by Gasteiger charge is 2.28. The van der Waals surface area contributed by atoms with Gasteiger partial charge in [-0.3, -0.25) is 9.10 Å². The number of sulfonamides is 1. The van der Waals surface area contributed by atoms with Crippen molar-refractivity contribution in [1.29, 1.82) is 0 Å². The third kappa shape index (κ3) is 4.70. The molecule has 8 heteroatoms. The molecular formula is C17H17ClFNO4S. The second-order valence-corrected chi connectivity index (χ2v) is 7.73. The zero-order valence-corrected chi connectivity index (χ0v) is 15.2. The average Bonchev–Trinajstić information content (AvgIpc) is 2.55. The molecule has 0 unspecified atom stereocenters. The molecule has 0 saturated heterocycles. The summed E-state index contributed by atoms with van der Waals surface area (Å²) in [6, 6.07) is 11.0. The Balaban J connectivity index is 2.48. The number of carbonyl (C=O) groups is 1. The highest BCUT2D eigenvalue weighted by Crippen LogP contribution is 2.27. The molecule has 0 aromatic heterocycles. The second-order valence-electron chi connectivity index (χ2n) is 5.46. The lowest BCUT2D eigenvalue weighted by Gasteiger charge is -2.24. The summed E-state index contributed by atoms with van der Waals surface area (Å²) in [5.41, 5.74) is 0.0657. The predicted molar refractivity (Wildman–Crippen MR) is 93.6 cm³/mol. The zero-order valence-electron chi connectivity index (χ0n) is 13.6. The molecule has 0 N–H and O–H groups in total. The molecule has 5 nitrogen and oxygen atoms in total. The highest BCUT2D eigenvalue weighted by molar-refractivity contribution is 7.92. The number of anilines is 1. The van der Waals surface area contributed by atoms with E-state index >= 15 is 0 Å². The van der Waals surface area contributed by atoms with Gasteiger partial charge in [0.1, 0.15) is 12.4 Å². The third-order valence-electron chi connectivity index (χ3n) is 3.16. The SMILES string of the molecule is CC(C)OC(=O)CN(c1ccc(F)c(Cl)c1)S(=O)(=O)c1ccccc1. The Morgan fingerprint density at radius 1 is 1.20 bits per heavy atom. The highest BCUT2D eigenvalue weighted by atomic mass is 35.5. The molecule has 0 aliphatic heterocycles. The van der Waals surface area contributed by atoms with Crippen molar-refractivity contribution < 1.29 is 22.3 Å². The van der Waals surface area contributed by atoms with E-state index in [0.717, 1.165) is 16.4 Å². The van der Waals surface area contributed by atoms with E-state index in [1.807, 2.05) is 0 Å². The minimum Gasteiger partial charge on any atom is -0.462 e. The largest absolute Gasteiger partial charge is 0.462 e. The van der Waals surface area contributed by atoms with E-state index in [4.69, 9.17) is 16.3 Å². The van der Waals surface area contributed by atoms with Crippen LogP contribution in [-0.4, -0.2) is 27.0 Å². The Bertz CT molecular complexity index is 856. The molecule has 0 heterocycles. The van der Waals surface area contributed by atoms with Crippen molar-refractivity contribution in [2.24, 2.45) is 0 Å². The summed E-state index contributed by atoms with van der Waals surface area (Å²) < 4.78 is 45.2. The van der Waals surface area contributed by atoms with Gasteiger partial charge < -0.3 is 4.74 Å². The van der Waals surface area contributed by atoms with Gasteiger partial charge in [0.15, 0.2) is 0 Å². The van der Waals surface area contributed by atoms with Crippen LogP contribution in [-0.2, 0) is 19.6 Å². The number of carbonyl (C=O) groups excluding carboxylic acids is 1. The number of ether oxygens (including phenoxy) is 1. The summed E-state index contributed by atoms with van der Waals surface area (Å²) in [4.78, 5) is 12.0. The minimum absolute atomic E-state index is 0.00667. The molecule has 2 aromatic carbocycles. The van der Waals surface area contributed by atoms with Gasteiger partial charge in [0, 0.05) is 0 Å². The molecule has 2 aromatic rings. The third-order valence-corrected chi connectivity index (χ3v) is 5.24. The van der Waals surface area contributed by atoms with Gasteiger partial charge in [-0.05, 0) is 44.2 Å². The van der Waals surface area contributed by atoms with Crippen molar-refractivity contribution in [3.8, 4) is 0 Å². The van der Waals surface area contributed by atoms with E-state index in [9.17, 15) is 17.6 Å². The molecule has 2 rings (SSSR count). The molecule has 0 fully saturated rings. The van der Waals surface area contributed by atoms with Gasteiger partial charge in [0.25, 0.3) is 10.0 Å². The van der Waals surface area contributed by atoms with Crippen LogP contribution in [0.4, 0.5) is 10.1 Å². The van der Waals surface area contributed by atoms with Crippen molar-refractivity contribution in [2.75, 3.05) is 10.8 Å². The van der Waals surface area contributed by atoms with E-state index in [1.165, 1.54) is 18.2 Å².